The van der Waals surface area contributed by atoms with Crippen molar-refractivity contribution in [3.05, 3.63) is 23.9 Å². The van der Waals surface area contributed by atoms with E-state index in [0.29, 0.717) is 18.0 Å². The summed E-state index contributed by atoms with van der Waals surface area (Å²) in [6.07, 6.45) is 4.88. The standard InChI is InChI=1S/C15H21N3O3/c1-2-21-15(20)12-7-6-8-16-14(12)17-11-13(19)18-9-4-3-5-10-18/h6-8H,2-5,9-11H2,1H3,(H,16,17). The minimum atomic E-state index is -0.432. The molecule has 114 valence electrons. The Hall–Kier alpha value is -2.11. The molecule has 2 heterocycles. The summed E-state index contributed by atoms with van der Waals surface area (Å²) < 4.78 is 4.98. The molecule has 1 aliphatic rings. The van der Waals surface area contributed by atoms with Gasteiger partial charge in [-0.15, -0.1) is 0 Å². The van der Waals surface area contributed by atoms with Crippen LogP contribution in [-0.4, -0.2) is 48.0 Å². The molecule has 6 nitrogen and oxygen atoms in total. The molecule has 1 aromatic rings. The quantitative estimate of drug-likeness (QED) is 0.836. The van der Waals surface area contributed by atoms with Crippen molar-refractivity contribution in [2.45, 2.75) is 26.2 Å². The van der Waals surface area contributed by atoms with Crippen LogP contribution in [0.3, 0.4) is 0 Å². The number of hydrogen-bond donors (Lipinski definition) is 1. The lowest BCUT2D eigenvalue weighted by atomic mass is 10.1. The van der Waals surface area contributed by atoms with Crippen molar-refractivity contribution in [3.8, 4) is 0 Å². The molecule has 1 saturated heterocycles. The van der Waals surface area contributed by atoms with Crippen molar-refractivity contribution in [1.29, 1.82) is 0 Å². The van der Waals surface area contributed by atoms with Crippen molar-refractivity contribution < 1.29 is 14.3 Å². The highest BCUT2D eigenvalue weighted by Crippen LogP contribution is 2.13. The van der Waals surface area contributed by atoms with Gasteiger partial charge in [-0.2, -0.15) is 0 Å². The summed E-state index contributed by atoms with van der Waals surface area (Å²) in [6.45, 7) is 3.82. The Labute approximate surface area is 124 Å². The first-order valence-electron chi connectivity index (χ1n) is 7.36. The second kappa shape index (κ2) is 7.61. The van der Waals surface area contributed by atoms with Crippen molar-refractivity contribution in [2.75, 3.05) is 31.6 Å². The van der Waals surface area contributed by atoms with E-state index in [0.717, 1.165) is 25.9 Å². The van der Waals surface area contributed by atoms with Crippen molar-refractivity contribution in [1.82, 2.24) is 9.88 Å². The van der Waals surface area contributed by atoms with Gasteiger partial charge in [0.15, 0.2) is 0 Å². The van der Waals surface area contributed by atoms with E-state index < -0.39 is 5.97 Å². The molecule has 0 atom stereocenters. The molecule has 0 aliphatic carbocycles. The molecule has 0 saturated carbocycles. The number of nitrogens with one attached hydrogen (secondary N) is 1. The number of hydrogen-bond acceptors (Lipinski definition) is 5. The van der Waals surface area contributed by atoms with E-state index in [1.165, 1.54) is 6.42 Å². The molecular weight excluding hydrogens is 270 g/mol. The van der Waals surface area contributed by atoms with E-state index in [4.69, 9.17) is 4.74 Å². The fourth-order valence-corrected chi connectivity index (χ4v) is 2.33. The minimum Gasteiger partial charge on any atom is -0.462 e. The highest BCUT2D eigenvalue weighted by atomic mass is 16.5. The maximum Gasteiger partial charge on any atom is 0.341 e. The molecular formula is C15H21N3O3. The third-order valence-corrected chi connectivity index (χ3v) is 3.42. The molecule has 2 rings (SSSR count). The Kier molecular flexibility index (Phi) is 5.54. The Morgan fingerprint density at radius 3 is 2.81 bits per heavy atom. The number of rotatable bonds is 5. The lowest BCUT2D eigenvalue weighted by molar-refractivity contribution is -0.130. The van der Waals surface area contributed by atoms with Gasteiger partial charge in [-0.3, -0.25) is 4.79 Å². The van der Waals surface area contributed by atoms with Crippen LogP contribution in [0.2, 0.25) is 0 Å². The molecule has 0 aromatic carbocycles. The van der Waals surface area contributed by atoms with Gasteiger partial charge in [0, 0.05) is 19.3 Å². The SMILES string of the molecule is CCOC(=O)c1cccnc1NCC(=O)N1CCCCC1. The Bertz CT molecular complexity index is 499. The lowest BCUT2D eigenvalue weighted by Gasteiger charge is -2.26. The van der Waals surface area contributed by atoms with Crippen LogP contribution in [0.5, 0.6) is 0 Å². The van der Waals surface area contributed by atoms with E-state index in [1.54, 1.807) is 25.3 Å². The number of carbonyl (C=O) groups excluding carboxylic acids is 2. The Morgan fingerprint density at radius 2 is 2.10 bits per heavy atom. The maximum atomic E-state index is 12.1. The van der Waals surface area contributed by atoms with E-state index in [9.17, 15) is 9.59 Å². The maximum absolute atomic E-state index is 12.1. The highest BCUT2D eigenvalue weighted by molar-refractivity contribution is 5.95. The summed E-state index contributed by atoms with van der Waals surface area (Å²) in [7, 11) is 0. The Balaban J connectivity index is 1.96. The first-order chi connectivity index (χ1) is 10.2. The number of piperidine rings is 1. The summed E-state index contributed by atoms with van der Waals surface area (Å²) in [5, 5.41) is 2.95. The second-order valence-corrected chi connectivity index (χ2v) is 4.92. The number of likely N-dealkylation sites (tertiary alicyclic amines) is 1. The first kappa shape index (κ1) is 15.3. The molecule has 0 radical (unpaired) electrons. The van der Waals surface area contributed by atoms with Gasteiger partial charge in [0.1, 0.15) is 11.4 Å². The molecule has 1 fully saturated rings. The summed E-state index contributed by atoms with van der Waals surface area (Å²) >= 11 is 0. The largest absolute Gasteiger partial charge is 0.462 e. The number of esters is 1. The van der Waals surface area contributed by atoms with Gasteiger partial charge in [0.25, 0.3) is 0 Å². The van der Waals surface area contributed by atoms with Gasteiger partial charge in [0.2, 0.25) is 5.91 Å². The third kappa shape index (κ3) is 4.18. The average Bonchev–Trinajstić information content (AvgIpc) is 2.54. The average molecular weight is 291 g/mol. The summed E-state index contributed by atoms with van der Waals surface area (Å²) in [5.41, 5.74) is 0.353. The number of pyridine rings is 1. The van der Waals surface area contributed by atoms with Gasteiger partial charge in [0.05, 0.1) is 13.2 Å². The minimum absolute atomic E-state index is 0.0372. The first-order valence-corrected chi connectivity index (χ1v) is 7.36. The molecule has 21 heavy (non-hydrogen) atoms. The van der Waals surface area contributed by atoms with Gasteiger partial charge >= 0.3 is 5.97 Å². The predicted molar refractivity (Wildman–Crippen MR) is 79.1 cm³/mol. The van der Waals surface area contributed by atoms with Crippen LogP contribution in [0.15, 0.2) is 18.3 Å². The highest BCUT2D eigenvalue weighted by Gasteiger charge is 2.18. The molecule has 1 aromatic heterocycles. The van der Waals surface area contributed by atoms with E-state index in [-0.39, 0.29) is 12.5 Å². The lowest BCUT2D eigenvalue weighted by Crippen LogP contribution is -2.39. The van der Waals surface area contributed by atoms with Crippen LogP contribution in [0.1, 0.15) is 36.5 Å². The van der Waals surface area contributed by atoms with Gasteiger partial charge < -0.3 is 15.0 Å². The van der Waals surface area contributed by atoms with E-state index in [2.05, 4.69) is 10.3 Å². The molecule has 0 bridgehead atoms. The van der Waals surface area contributed by atoms with E-state index >= 15 is 0 Å². The monoisotopic (exact) mass is 291 g/mol. The number of aromatic nitrogens is 1. The van der Waals surface area contributed by atoms with Crippen LogP contribution >= 0.6 is 0 Å². The fraction of sp³-hybridized carbons (Fsp3) is 0.533. The Morgan fingerprint density at radius 1 is 1.33 bits per heavy atom. The van der Waals surface area contributed by atoms with E-state index in [1.807, 2.05) is 4.90 Å². The number of nitrogens with zero attached hydrogens (tertiary/aromatic N) is 2. The number of anilines is 1. The molecule has 1 amide bonds. The van der Waals surface area contributed by atoms with Gasteiger partial charge in [-0.05, 0) is 38.3 Å². The van der Waals surface area contributed by atoms with Crippen molar-refractivity contribution in [3.63, 3.8) is 0 Å². The zero-order valence-electron chi connectivity index (χ0n) is 12.3. The van der Waals surface area contributed by atoms with Gasteiger partial charge in [-0.25, -0.2) is 9.78 Å². The third-order valence-electron chi connectivity index (χ3n) is 3.42. The predicted octanol–water partition coefficient (Wildman–Crippen LogP) is 1.68. The fourth-order valence-electron chi connectivity index (χ4n) is 2.33. The molecule has 1 N–H and O–H groups in total. The second-order valence-electron chi connectivity index (χ2n) is 4.92. The zero-order valence-corrected chi connectivity index (χ0v) is 12.3. The number of amides is 1. The van der Waals surface area contributed by atoms with Crippen LogP contribution < -0.4 is 5.32 Å². The molecule has 0 unspecified atom stereocenters. The number of carbonyl (C=O) groups is 2. The van der Waals surface area contributed by atoms with Crippen LogP contribution in [0, 0.1) is 0 Å². The summed E-state index contributed by atoms with van der Waals surface area (Å²) in [4.78, 5) is 29.9. The summed E-state index contributed by atoms with van der Waals surface area (Å²) in [5.74, 6) is -0.00464. The normalized spacial score (nSPS) is 14.6. The zero-order chi connectivity index (χ0) is 15.1. The molecule has 6 heteroatoms. The van der Waals surface area contributed by atoms with Crippen LogP contribution in [0.4, 0.5) is 5.82 Å². The van der Waals surface area contributed by atoms with Crippen LogP contribution in [0.25, 0.3) is 0 Å². The van der Waals surface area contributed by atoms with Crippen molar-refractivity contribution in [2.24, 2.45) is 0 Å². The topological polar surface area (TPSA) is 71.5 Å². The molecule has 0 spiro atoms. The summed E-state index contributed by atoms with van der Waals surface area (Å²) in [6, 6.07) is 3.31. The molecule has 1 aliphatic heterocycles. The van der Waals surface area contributed by atoms with Crippen molar-refractivity contribution >= 4 is 17.7 Å². The van der Waals surface area contributed by atoms with Crippen LogP contribution in [-0.2, 0) is 9.53 Å². The van der Waals surface area contributed by atoms with Gasteiger partial charge in [-0.1, -0.05) is 0 Å². The number of ether oxygens (including phenoxy) is 1. The smallest absolute Gasteiger partial charge is 0.341 e.